The van der Waals surface area contributed by atoms with E-state index in [-0.39, 0.29) is 17.6 Å². The number of carbonyl (C=O) groups excluding carboxylic acids is 2. The van der Waals surface area contributed by atoms with Gasteiger partial charge in [-0.15, -0.1) is 11.8 Å². The molecule has 0 bridgehead atoms. The van der Waals surface area contributed by atoms with Gasteiger partial charge in [-0.2, -0.15) is 0 Å². The topological polar surface area (TPSA) is 61.4 Å². The minimum atomic E-state index is -0.117. The first kappa shape index (κ1) is 20.0. The van der Waals surface area contributed by atoms with Crippen molar-refractivity contribution in [3.63, 3.8) is 0 Å². The number of thioether (sulfide) groups is 1. The van der Waals surface area contributed by atoms with Crippen LogP contribution < -0.4 is 10.6 Å². The number of hydrogen-bond donors (Lipinski definition) is 2. The van der Waals surface area contributed by atoms with Gasteiger partial charge in [-0.25, -0.2) is 0 Å². The lowest BCUT2D eigenvalue weighted by atomic mass is 10.2. The summed E-state index contributed by atoms with van der Waals surface area (Å²) >= 11 is 1.36. The molecule has 0 saturated heterocycles. The maximum absolute atomic E-state index is 12.4. The summed E-state index contributed by atoms with van der Waals surface area (Å²) in [5, 5.41) is 5.78. The van der Waals surface area contributed by atoms with Crippen LogP contribution in [-0.4, -0.2) is 49.7 Å². The predicted octanol–water partition coefficient (Wildman–Crippen LogP) is 3.02. The lowest BCUT2D eigenvalue weighted by Gasteiger charge is -2.12. The molecule has 0 unspecified atom stereocenters. The Hall–Kier alpha value is -2.31. The van der Waals surface area contributed by atoms with E-state index in [1.54, 1.807) is 6.07 Å². The summed E-state index contributed by atoms with van der Waals surface area (Å²) in [5.74, 6) is 0.0335. The smallest absolute Gasteiger partial charge is 0.252 e. The van der Waals surface area contributed by atoms with Crippen LogP contribution in [0.3, 0.4) is 0 Å². The predicted molar refractivity (Wildman–Crippen MR) is 108 cm³/mol. The molecule has 0 saturated carbocycles. The maximum atomic E-state index is 12.4. The van der Waals surface area contributed by atoms with Gasteiger partial charge in [0.1, 0.15) is 0 Å². The Morgan fingerprint density at radius 3 is 2.42 bits per heavy atom. The molecule has 2 aromatic rings. The van der Waals surface area contributed by atoms with Crippen LogP contribution in [-0.2, 0) is 4.79 Å². The van der Waals surface area contributed by atoms with Crippen molar-refractivity contribution in [3.8, 4) is 0 Å². The molecule has 0 aliphatic heterocycles. The summed E-state index contributed by atoms with van der Waals surface area (Å²) in [6, 6.07) is 15.0. The molecule has 5 nitrogen and oxygen atoms in total. The standard InChI is InChI=1S/C20H25N3O2S/c1-15-8-10-16(11-9-15)22-19(24)14-26-18-7-5-4-6-17(18)20(25)21-12-13-23(2)3/h4-11H,12-14H2,1-3H3,(H,21,25)(H,22,24). The number of benzene rings is 2. The molecule has 0 aliphatic carbocycles. The maximum Gasteiger partial charge on any atom is 0.252 e. The highest BCUT2D eigenvalue weighted by molar-refractivity contribution is 8.00. The third-order valence-electron chi connectivity index (χ3n) is 3.67. The fourth-order valence-corrected chi connectivity index (χ4v) is 3.10. The second kappa shape index (κ2) is 9.99. The molecule has 0 fully saturated rings. The fourth-order valence-electron chi connectivity index (χ4n) is 2.25. The molecule has 0 radical (unpaired) electrons. The number of likely N-dealkylation sites (N-methyl/N-ethyl adjacent to an activating group) is 1. The molecule has 138 valence electrons. The van der Waals surface area contributed by atoms with E-state index in [2.05, 4.69) is 10.6 Å². The summed E-state index contributed by atoms with van der Waals surface area (Å²) in [7, 11) is 3.92. The highest BCUT2D eigenvalue weighted by Crippen LogP contribution is 2.23. The summed E-state index contributed by atoms with van der Waals surface area (Å²) in [5.41, 5.74) is 2.52. The third-order valence-corrected chi connectivity index (χ3v) is 4.74. The average molecular weight is 372 g/mol. The Bertz CT molecular complexity index is 745. The van der Waals surface area contributed by atoms with Crippen molar-refractivity contribution in [2.75, 3.05) is 38.3 Å². The molecule has 2 rings (SSSR count). The van der Waals surface area contributed by atoms with Crippen molar-refractivity contribution < 1.29 is 9.59 Å². The van der Waals surface area contributed by atoms with Crippen LogP contribution in [0.15, 0.2) is 53.4 Å². The highest BCUT2D eigenvalue weighted by atomic mass is 32.2. The first-order valence-electron chi connectivity index (χ1n) is 8.47. The molecule has 0 atom stereocenters. The van der Waals surface area contributed by atoms with Crippen molar-refractivity contribution in [2.45, 2.75) is 11.8 Å². The quantitative estimate of drug-likeness (QED) is 0.700. The molecule has 2 amide bonds. The van der Waals surface area contributed by atoms with Crippen molar-refractivity contribution in [1.82, 2.24) is 10.2 Å². The molecule has 0 aliphatic rings. The Morgan fingerprint density at radius 1 is 1.04 bits per heavy atom. The van der Waals surface area contributed by atoms with Gasteiger partial charge in [0.15, 0.2) is 0 Å². The number of nitrogens with zero attached hydrogens (tertiary/aromatic N) is 1. The zero-order chi connectivity index (χ0) is 18.9. The van der Waals surface area contributed by atoms with Crippen LogP contribution in [0.1, 0.15) is 15.9 Å². The Labute approximate surface area is 159 Å². The highest BCUT2D eigenvalue weighted by Gasteiger charge is 2.12. The molecule has 0 aromatic heterocycles. The summed E-state index contributed by atoms with van der Waals surface area (Å²) in [4.78, 5) is 27.3. The SMILES string of the molecule is Cc1ccc(NC(=O)CSc2ccccc2C(=O)NCCN(C)C)cc1. The molecular weight excluding hydrogens is 346 g/mol. The normalized spacial score (nSPS) is 10.6. The number of carbonyl (C=O) groups is 2. The summed E-state index contributed by atoms with van der Waals surface area (Å²) in [6.45, 7) is 3.36. The monoisotopic (exact) mass is 371 g/mol. The van der Waals surface area contributed by atoms with Crippen molar-refractivity contribution in [3.05, 3.63) is 59.7 Å². The second-order valence-electron chi connectivity index (χ2n) is 6.26. The number of hydrogen-bond acceptors (Lipinski definition) is 4. The van der Waals surface area contributed by atoms with E-state index in [0.29, 0.717) is 12.1 Å². The van der Waals surface area contributed by atoms with E-state index in [0.717, 1.165) is 22.7 Å². The lowest BCUT2D eigenvalue weighted by Crippen LogP contribution is -2.31. The minimum absolute atomic E-state index is 0.0957. The van der Waals surface area contributed by atoms with Gasteiger partial charge in [0, 0.05) is 23.7 Å². The number of anilines is 1. The number of amides is 2. The Balaban J connectivity index is 1.91. The van der Waals surface area contributed by atoms with E-state index >= 15 is 0 Å². The zero-order valence-electron chi connectivity index (χ0n) is 15.4. The van der Waals surface area contributed by atoms with Crippen LogP contribution in [0.2, 0.25) is 0 Å². The van der Waals surface area contributed by atoms with Gasteiger partial charge in [0.2, 0.25) is 5.91 Å². The van der Waals surface area contributed by atoms with Gasteiger partial charge in [-0.3, -0.25) is 9.59 Å². The summed E-state index contributed by atoms with van der Waals surface area (Å²) in [6.07, 6.45) is 0. The number of nitrogens with one attached hydrogen (secondary N) is 2. The first-order valence-corrected chi connectivity index (χ1v) is 9.45. The van der Waals surface area contributed by atoms with Crippen LogP contribution in [0.4, 0.5) is 5.69 Å². The Kier molecular flexibility index (Phi) is 7.69. The molecular formula is C20H25N3O2S. The molecule has 26 heavy (non-hydrogen) atoms. The fraction of sp³-hybridized carbons (Fsp3) is 0.300. The van der Waals surface area contributed by atoms with Crippen LogP contribution >= 0.6 is 11.8 Å². The van der Waals surface area contributed by atoms with Crippen LogP contribution in [0.5, 0.6) is 0 Å². The van der Waals surface area contributed by atoms with Crippen LogP contribution in [0, 0.1) is 6.92 Å². The number of rotatable bonds is 8. The lowest BCUT2D eigenvalue weighted by molar-refractivity contribution is -0.113. The average Bonchev–Trinajstić information content (AvgIpc) is 2.62. The van der Waals surface area contributed by atoms with Gasteiger partial charge in [-0.1, -0.05) is 29.8 Å². The van der Waals surface area contributed by atoms with Crippen molar-refractivity contribution >= 4 is 29.3 Å². The number of aryl methyl sites for hydroxylation is 1. The van der Waals surface area contributed by atoms with Gasteiger partial charge in [-0.05, 0) is 45.3 Å². The third kappa shape index (κ3) is 6.54. The first-order chi connectivity index (χ1) is 12.5. The van der Waals surface area contributed by atoms with Gasteiger partial charge in [0.25, 0.3) is 5.91 Å². The van der Waals surface area contributed by atoms with E-state index in [1.807, 2.05) is 68.4 Å². The van der Waals surface area contributed by atoms with E-state index in [9.17, 15) is 9.59 Å². The molecule has 2 aromatic carbocycles. The van der Waals surface area contributed by atoms with Crippen molar-refractivity contribution in [2.24, 2.45) is 0 Å². The van der Waals surface area contributed by atoms with E-state index in [1.165, 1.54) is 11.8 Å². The minimum Gasteiger partial charge on any atom is -0.351 e. The van der Waals surface area contributed by atoms with Gasteiger partial charge < -0.3 is 15.5 Å². The van der Waals surface area contributed by atoms with Gasteiger partial charge >= 0.3 is 0 Å². The zero-order valence-corrected chi connectivity index (χ0v) is 16.2. The summed E-state index contributed by atoms with van der Waals surface area (Å²) < 4.78 is 0. The molecule has 6 heteroatoms. The molecule has 0 heterocycles. The van der Waals surface area contributed by atoms with Crippen molar-refractivity contribution in [1.29, 1.82) is 0 Å². The second-order valence-corrected chi connectivity index (χ2v) is 7.28. The largest absolute Gasteiger partial charge is 0.351 e. The Morgan fingerprint density at radius 2 is 1.73 bits per heavy atom. The van der Waals surface area contributed by atoms with E-state index < -0.39 is 0 Å². The molecule has 2 N–H and O–H groups in total. The van der Waals surface area contributed by atoms with Crippen LogP contribution in [0.25, 0.3) is 0 Å². The van der Waals surface area contributed by atoms with E-state index in [4.69, 9.17) is 0 Å². The van der Waals surface area contributed by atoms with Gasteiger partial charge in [0.05, 0.1) is 11.3 Å². The molecule has 0 spiro atoms.